The van der Waals surface area contributed by atoms with E-state index >= 15 is 0 Å². The molecule has 1 aromatic rings. The average Bonchev–Trinajstić information content (AvgIpc) is 3.06. The smallest absolute Gasteiger partial charge is 0.270 e. The van der Waals surface area contributed by atoms with Crippen molar-refractivity contribution in [2.75, 3.05) is 20.1 Å². The van der Waals surface area contributed by atoms with Crippen LogP contribution in [-0.4, -0.2) is 58.5 Å². The molecule has 2 amide bonds. The largest absolute Gasteiger partial charge is 0.338 e. The number of aromatic nitrogens is 1. The summed E-state index contributed by atoms with van der Waals surface area (Å²) in [6.45, 7) is 1.16. The van der Waals surface area contributed by atoms with Gasteiger partial charge in [-0.15, -0.1) is 0 Å². The van der Waals surface area contributed by atoms with Crippen molar-refractivity contribution < 1.29 is 14.0 Å². The summed E-state index contributed by atoms with van der Waals surface area (Å²) in [5.41, 5.74) is 0.681. The van der Waals surface area contributed by atoms with E-state index < -0.39 is 6.17 Å². The van der Waals surface area contributed by atoms with Crippen LogP contribution in [0.4, 0.5) is 4.39 Å². The van der Waals surface area contributed by atoms with E-state index in [2.05, 4.69) is 0 Å². The minimum atomic E-state index is -0.816. The van der Waals surface area contributed by atoms with E-state index in [4.69, 9.17) is 0 Å². The molecule has 0 spiro atoms. The van der Waals surface area contributed by atoms with Gasteiger partial charge in [-0.1, -0.05) is 0 Å². The molecular weight excluding hydrogens is 273 g/mol. The number of carbonyl (C=O) groups excluding carboxylic acids is 2. The second-order valence-electron chi connectivity index (χ2n) is 6.36. The van der Waals surface area contributed by atoms with Gasteiger partial charge in [-0.2, -0.15) is 0 Å². The fraction of sp³-hybridized carbons (Fsp3) is 0.600. The maximum atomic E-state index is 13.0. The number of alkyl halides is 1. The molecular formula is C15H18FN3O2. The maximum Gasteiger partial charge on any atom is 0.270 e. The Kier molecular flexibility index (Phi) is 2.65. The van der Waals surface area contributed by atoms with Crippen molar-refractivity contribution in [3.05, 3.63) is 24.0 Å². The highest BCUT2D eigenvalue weighted by Crippen LogP contribution is 2.37. The van der Waals surface area contributed by atoms with Crippen LogP contribution < -0.4 is 0 Å². The number of hydrogen-bond acceptors (Lipinski definition) is 2. The molecule has 0 bridgehead atoms. The average molecular weight is 291 g/mol. The SMILES string of the molecule is CN1C(=O)c2cccn2[C@H]2CN(C(=O)C3CC(F)C3)C[C@@H]21. The third-order valence-electron chi connectivity index (χ3n) is 5.17. The third-order valence-corrected chi connectivity index (χ3v) is 5.17. The molecule has 0 unspecified atom stereocenters. The van der Waals surface area contributed by atoms with Crippen molar-refractivity contribution in [1.29, 1.82) is 0 Å². The van der Waals surface area contributed by atoms with Crippen molar-refractivity contribution in [3.8, 4) is 0 Å². The Morgan fingerprint density at radius 2 is 2.00 bits per heavy atom. The number of rotatable bonds is 1. The van der Waals surface area contributed by atoms with Gasteiger partial charge in [0.2, 0.25) is 5.91 Å². The highest BCUT2D eigenvalue weighted by atomic mass is 19.1. The molecule has 112 valence electrons. The summed E-state index contributed by atoms with van der Waals surface area (Å²) in [4.78, 5) is 28.2. The van der Waals surface area contributed by atoms with E-state index in [1.165, 1.54) is 0 Å². The van der Waals surface area contributed by atoms with Crippen molar-refractivity contribution in [3.63, 3.8) is 0 Å². The molecule has 1 aliphatic carbocycles. The predicted molar refractivity (Wildman–Crippen MR) is 73.6 cm³/mol. The molecule has 3 aliphatic rings. The molecule has 0 radical (unpaired) electrons. The summed E-state index contributed by atoms with van der Waals surface area (Å²) in [5.74, 6) is -0.110. The zero-order valence-electron chi connectivity index (χ0n) is 11.9. The molecule has 2 aliphatic heterocycles. The van der Waals surface area contributed by atoms with Crippen LogP contribution in [0.3, 0.4) is 0 Å². The van der Waals surface area contributed by atoms with Gasteiger partial charge in [-0.25, -0.2) is 4.39 Å². The minimum absolute atomic E-state index is 0.00279. The molecule has 4 rings (SSSR count). The Bertz CT molecular complexity index is 608. The lowest BCUT2D eigenvalue weighted by molar-refractivity contribution is -0.139. The molecule has 6 heteroatoms. The van der Waals surface area contributed by atoms with E-state index in [1.807, 2.05) is 27.8 Å². The summed E-state index contributed by atoms with van der Waals surface area (Å²) < 4.78 is 14.9. The number of hydrogen-bond donors (Lipinski definition) is 0. The summed E-state index contributed by atoms with van der Waals surface area (Å²) in [6, 6.07) is 3.82. The molecule has 2 atom stereocenters. The second-order valence-corrected chi connectivity index (χ2v) is 6.36. The molecule has 2 fully saturated rings. The quantitative estimate of drug-likeness (QED) is 0.777. The normalized spacial score (nSPS) is 34.5. The molecule has 0 aromatic carbocycles. The molecule has 1 saturated heterocycles. The molecule has 0 N–H and O–H groups in total. The van der Waals surface area contributed by atoms with Gasteiger partial charge in [0.05, 0.1) is 12.1 Å². The van der Waals surface area contributed by atoms with Crippen LogP contribution in [-0.2, 0) is 4.79 Å². The van der Waals surface area contributed by atoms with Crippen LogP contribution >= 0.6 is 0 Å². The Labute approximate surface area is 122 Å². The topological polar surface area (TPSA) is 45.6 Å². The summed E-state index contributed by atoms with van der Waals surface area (Å²) >= 11 is 0. The number of carbonyl (C=O) groups is 2. The maximum absolute atomic E-state index is 13.0. The highest BCUT2D eigenvalue weighted by Gasteiger charge is 2.47. The number of fused-ring (bicyclic) bond motifs is 3. The lowest BCUT2D eigenvalue weighted by Gasteiger charge is -2.35. The van der Waals surface area contributed by atoms with E-state index in [9.17, 15) is 14.0 Å². The van der Waals surface area contributed by atoms with E-state index in [1.54, 1.807) is 11.9 Å². The summed E-state index contributed by atoms with van der Waals surface area (Å²) in [5, 5.41) is 0. The van der Waals surface area contributed by atoms with Gasteiger partial charge in [-0.05, 0) is 25.0 Å². The van der Waals surface area contributed by atoms with Crippen LogP contribution in [0.1, 0.15) is 29.4 Å². The fourth-order valence-electron chi connectivity index (χ4n) is 3.81. The number of nitrogens with zero attached hydrogens (tertiary/aromatic N) is 3. The zero-order chi connectivity index (χ0) is 14.7. The minimum Gasteiger partial charge on any atom is -0.338 e. The van der Waals surface area contributed by atoms with Gasteiger partial charge in [0.15, 0.2) is 0 Å². The molecule has 3 heterocycles. The third kappa shape index (κ3) is 1.74. The van der Waals surface area contributed by atoms with Crippen LogP contribution in [0.2, 0.25) is 0 Å². The van der Waals surface area contributed by atoms with Gasteiger partial charge in [-0.3, -0.25) is 9.59 Å². The lowest BCUT2D eigenvalue weighted by atomic mass is 9.82. The first-order valence-electron chi connectivity index (χ1n) is 7.43. The van der Waals surface area contributed by atoms with Gasteiger partial charge >= 0.3 is 0 Å². The van der Waals surface area contributed by atoms with Gasteiger partial charge in [0.1, 0.15) is 11.9 Å². The summed E-state index contributed by atoms with van der Waals surface area (Å²) in [7, 11) is 1.80. The van der Waals surface area contributed by atoms with Crippen molar-refractivity contribution in [2.45, 2.75) is 31.1 Å². The highest BCUT2D eigenvalue weighted by molar-refractivity contribution is 5.94. The second kappa shape index (κ2) is 4.32. The van der Waals surface area contributed by atoms with E-state index in [-0.39, 0.29) is 29.8 Å². The molecule has 1 aromatic heterocycles. The van der Waals surface area contributed by atoms with Crippen molar-refractivity contribution in [1.82, 2.24) is 14.4 Å². The Morgan fingerprint density at radius 1 is 1.29 bits per heavy atom. The monoisotopic (exact) mass is 291 g/mol. The van der Waals surface area contributed by atoms with Crippen LogP contribution in [0.25, 0.3) is 0 Å². The molecule has 5 nitrogen and oxygen atoms in total. The Morgan fingerprint density at radius 3 is 2.71 bits per heavy atom. The number of amides is 2. The van der Waals surface area contributed by atoms with E-state index in [0.29, 0.717) is 31.6 Å². The van der Waals surface area contributed by atoms with Gasteiger partial charge in [0.25, 0.3) is 5.91 Å². The zero-order valence-corrected chi connectivity index (χ0v) is 11.9. The fourth-order valence-corrected chi connectivity index (χ4v) is 3.81. The van der Waals surface area contributed by atoms with Crippen molar-refractivity contribution in [2.24, 2.45) is 5.92 Å². The first-order chi connectivity index (χ1) is 10.1. The van der Waals surface area contributed by atoms with Crippen LogP contribution in [0.5, 0.6) is 0 Å². The number of halogens is 1. The Balaban J connectivity index is 1.58. The van der Waals surface area contributed by atoms with E-state index in [0.717, 1.165) is 0 Å². The predicted octanol–water partition coefficient (Wildman–Crippen LogP) is 1.07. The number of likely N-dealkylation sites (N-methyl/N-ethyl adjacent to an activating group) is 1. The summed E-state index contributed by atoms with van der Waals surface area (Å²) in [6.07, 6.45) is 1.80. The number of likely N-dealkylation sites (tertiary alicyclic amines) is 1. The van der Waals surface area contributed by atoms with Gasteiger partial charge < -0.3 is 14.4 Å². The first kappa shape index (κ1) is 12.9. The van der Waals surface area contributed by atoms with Crippen molar-refractivity contribution >= 4 is 11.8 Å². The van der Waals surface area contributed by atoms with Crippen LogP contribution in [0.15, 0.2) is 18.3 Å². The Hall–Kier alpha value is -1.85. The standard InChI is InChI=1S/C15H18FN3O2/c1-17-12-7-18(14(20)9-5-10(16)6-9)8-13(12)19-4-2-3-11(19)15(17)21/h2-4,9-10,12-13H,5-8H2,1H3/t9?,10?,12-,13-/m0/s1. The molecule has 1 saturated carbocycles. The lowest BCUT2D eigenvalue weighted by Crippen LogP contribution is -2.48. The first-order valence-corrected chi connectivity index (χ1v) is 7.43. The van der Waals surface area contributed by atoms with Crippen LogP contribution in [0, 0.1) is 5.92 Å². The molecule has 21 heavy (non-hydrogen) atoms. The van der Waals surface area contributed by atoms with Gasteiger partial charge in [0, 0.05) is 32.3 Å².